The van der Waals surface area contributed by atoms with Crippen LogP contribution in [0.5, 0.6) is 5.75 Å². The Bertz CT molecular complexity index is 451. The lowest BCUT2D eigenvalue weighted by Gasteiger charge is -2.34. The summed E-state index contributed by atoms with van der Waals surface area (Å²) in [7, 11) is 0. The third-order valence-corrected chi connectivity index (χ3v) is 3.67. The fourth-order valence-corrected chi connectivity index (χ4v) is 2.49. The number of hydrogen-bond donors (Lipinski definition) is 1. The van der Waals surface area contributed by atoms with E-state index in [2.05, 4.69) is 11.8 Å². The van der Waals surface area contributed by atoms with Gasteiger partial charge in [0.05, 0.1) is 5.56 Å². The van der Waals surface area contributed by atoms with Gasteiger partial charge in [0.25, 0.3) is 5.91 Å². The molecule has 1 aromatic carbocycles. The van der Waals surface area contributed by atoms with Gasteiger partial charge in [0.1, 0.15) is 5.75 Å². The maximum absolute atomic E-state index is 12.4. The zero-order valence-corrected chi connectivity index (χ0v) is 11.7. The monoisotopic (exact) mass is 262 g/mol. The van der Waals surface area contributed by atoms with Crippen LogP contribution in [0, 0.1) is 6.92 Å². The lowest BCUT2D eigenvalue weighted by molar-refractivity contribution is 0.0634. The first kappa shape index (κ1) is 13.9. The second-order valence-electron chi connectivity index (χ2n) is 5.10. The van der Waals surface area contributed by atoms with Crippen LogP contribution >= 0.6 is 0 Å². The van der Waals surface area contributed by atoms with Crippen molar-refractivity contribution in [2.24, 2.45) is 0 Å². The lowest BCUT2D eigenvalue weighted by Crippen LogP contribution is -2.48. The molecular weight excluding hydrogens is 240 g/mol. The van der Waals surface area contributed by atoms with Crippen molar-refractivity contribution in [1.29, 1.82) is 0 Å². The van der Waals surface area contributed by atoms with Crippen LogP contribution in [-0.2, 0) is 0 Å². The van der Waals surface area contributed by atoms with Gasteiger partial charge < -0.3 is 10.0 Å². The highest BCUT2D eigenvalue weighted by Gasteiger charge is 2.23. The van der Waals surface area contributed by atoms with Gasteiger partial charge in [-0.05, 0) is 31.5 Å². The molecule has 4 nitrogen and oxygen atoms in total. The minimum absolute atomic E-state index is 0.0580. The van der Waals surface area contributed by atoms with E-state index < -0.39 is 0 Å². The molecule has 0 spiro atoms. The zero-order chi connectivity index (χ0) is 13.8. The number of rotatable bonds is 3. The van der Waals surface area contributed by atoms with E-state index >= 15 is 0 Å². The van der Waals surface area contributed by atoms with Crippen molar-refractivity contribution in [2.45, 2.75) is 20.3 Å². The number of carbonyl (C=O) groups excluding carboxylic acids is 1. The fourth-order valence-electron chi connectivity index (χ4n) is 2.49. The number of phenols is 1. The highest BCUT2D eigenvalue weighted by atomic mass is 16.3. The van der Waals surface area contributed by atoms with E-state index in [-0.39, 0.29) is 11.7 Å². The van der Waals surface area contributed by atoms with Gasteiger partial charge in [-0.3, -0.25) is 9.69 Å². The number of aromatic hydroxyl groups is 1. The summed E-state index contributed by atoms with van der Waals surface area (Å²) in [6.07, 6.45) is 1.15. The molecule has 19 heavy (non-hydrogen) atoms. The number of nitrogens with zero attached hydrogens (tertiary/aromatic N) is 2. The number of para-hydroxylation sites is 1. The molecule has 1 aliphatic rings. The zero-order valence-electron chi connectivity index (χ0n) is 11.7. The van der Waals surface area contributed by atoms with Crippen LogP contribution in [0.1, 0.15) is 29.3 Å². The number of amides is 1. The average molecular weight is 262 g/mol. The maximum atomic E-state index is 12.4. The molecule has 0 bridgehead atoms. The summed E-state index contributed by atoms with van der Waals surface area (Å²) in [5.74, 6) is 0.0563. The van der Waals surface area contributed by atoms with Crippen LogP contribution in [0.4, 0.5) is 0 Å². The van der Waals surface area contributed by atoms with Crippen LogP contribution in [0.2, 0.25) is 0 Å². The minimum atomic E-state index is -0.0580. The molecule has 1 saturated heterocycles. The number of hydrogen-bond acceptors (Lipinski definition) is 3. The number of carbonyl (C=O) groups is 1. The van der Waals surface area contributed by atoms with Crippen LogP contribution in [-0.4, -0.2) is 53.5 Å². The Morgan fingerprint density at radius 1 is 1.26 bits per heavy atom. The summed E-state index contributed by atoms with van der Waals surface area (Å²) in [5, 5.41) is 9.98. The molecule has 1 aliphatic heterocycles. The Morgan fingerprint density at radius 3 is 2.58 bits per heavy atom. The second-order valence-corrected chi connectivity index (χ2v) is 5.10. The van der Waals surface area contributed by atoms with Gasteiger partial charge in [0.2, 0.25) is 0 Å². The quantitative estimate of drug-likeness (QED) is 0.904. The van der Waals surface area contributed by atoms with Gasteiger partial charge in [0, 0.05) is 26.2 Å². The molecule has 1 heterocycles. The van der Waals surface area contributed by atoms with Gasteiger partial charge in [-0.1, -0.05) is 19.1 Å². The number of phenolic OH excluding ortho intramolecular Hbond substituents is 1. The Kier molecular flexibility index (Phi) is 4.43. The van der Waals surface area contributed by atoms with Gasteiger partial charge >= 0.3 is 0 Å². The molecule has 1 N–H and O–H groups in total. The van der Waals surface area contributed by atoms with Crippen molar-refractivity contribution >= 4 is 5.91 Å². The highest BCUT2D eigenvalue weighted by Crippen LogP contribution is 2.23. The largest absolute Gasteiger partial charge is 0.507 e. The van der Waals surface area contributed by atoms with Gasteiger partial charge in [-0.25, -0.2) is 0 Å². The summed E-state index contributed by atoms with van der Waals surface area (Å²) in [6, 6.07) is 5.32. The molecule has 0 radical (unpaired) electrons. The first-order valence-electron chi connectivity index (χ1n) is 6.93. The highest BCUT2D eigenvalue weighted by molar-refractivity contribution is 5.97. The topological polar surface area (TPSA) is 43.8 Å². The summed E-state index contributed by atoms with van der Waals surface area (Å²) in [6.45, 7) is 8.40. The Morgan fingerprint density at radius 2 is 1.95 bits per heavy atom. The molecule has 0 aromatic heterocycles. The van der Waals surface area contributed by atoms with E-state index in [4.69, 9.17) is 0 Å². The van der Waals surface area contributed by atoms with Crippen LogP contribution in [0.15, 0.2) is 18.2 Å². The normalized spacial score (nSPS) is 16.6. The molecule has 0 unspecified atom stereocenters. The SMILES string of the molecule is CCCN1CCN(C(=O)c2cccc(C)c2O)CC1. The Labute approximate surface area is 114 Å². The summed E-state index contributed by atoms with van der Waals surface area (Å²) in [4.78, 5) is 16.6. The van der Waals surface area contributed by atoms with E-state index in [1.165, 1.54) is 0 Å². The fraction of sp³-hybridized carbons (Fsp3) is 0.533. The standard InChI is InChI=1S/C15H22N2O2/c1-3-7-16-8-10-17(11-9-16)15(19)13-6-4-5-12(2)14(13)18/h4-6,18H,3,7-11H2,1-2H3. The first-order chi connectivity index (χ1) is 9.13. The average Bonchev–Trinajstić information content (AvgIpc) is 2.42. The number of benzene rings is 1. The van der Waals surface area contributed by atoms with Crippen molar-refractivity contribution in [2.75, 3.05) is 32.7 Å². The predicted molar refractivity (Wildman–Crippen MR) is 75.5 cm³/mol. The molecule has 1 amide bonds. The third kappa shape index (κ3) is 3.07. The summed E-state index contributed by atoms with van der Waals surface area (Å²) >= 11 is 0. The van der Waals surface area contributed by atoms with Gasteiger partial charge in [-0.2, -0.15) is 0 Å². The van der Waals surface area contributed by atoms with E-state index in [1.807, 2.05) is 24.0 Å². The molecule has 0 aliphatic carbocycles. The maximum Gasteiger partial charge on any atom is 0.257 e. The molecule has 104 valence electrons. The van der Waals surface area contributed by atoms with Crippen molar-refractivity contribution in [3.05, 3.63) is 29.3 Å². The molecule has 2 rings (SSSR count). The number of piperazine rings is 1. The van der Waals surface area contributed by atoms with E-state index in [1.54, 1.807) is 6.07 Å². The molecule has 0 saturated carbocycles. The Hall–Kier alpha value is -1.55. The van der Waals surface area contributed by atoms with Crippen molar-refractivity contribution in [3.63, 3.8) is 0 Å². The van der Waals surface area contributed by atoms with Crippen LogP contribution in [0.3, 0.4) is 0 Å². The van der Waals surface area contributed by atoms with Crippen LogP contribution in [0.25, 0.3) is 0 Å². The lowest BCUT2D eigenvalue weighted by atomic mass is 10.1. The third-order valence-electron chi connectivity index (χ3n) is 3.67. The van der Waals surface area contributed by atoms with Crippen molar-refractivity contribution in [3.8, 4) is 5.75 Å². The van der Waals surface area contributed by atoms with E-state index in [0.717, 1.165) is 44.7 Å². The first-order valence-corrected chi connectivity index (χ1v) is 6.93. The molecule has 1 aromatic rings. The minimum Gasteiger partial charge on any atom is -0.507 e. The van der Waals surface area contributed by atoms with Gasteiger partial charge in [-0.15, -0.1) is 0 Å². The van der Waals surface area contributed by atoms with Gasteiger partial charge in [0.15, 0.2) is 0 Å². The number of aryl methyl sites for hydroxylation is 1. The second kappa shape index (κ2) is 6.06. The summed E-state index contributed by atoms with van der Waals surface area (Å²) in [5.41, 5.74) is 1.17. The van der Waals surface area contributed by atoms with Crippen molar-refractivity contribution in [1.82, 2.24) is 9.80 Å². The summed E-state index contributed by atoms with van der Waals surface area (Å²) < 4.78 is 0. The smallest absolute Gasteiger partial charge is 0.257 e. The molecular formula is C15H22N2O2. The predicted octanol–water partition coefficient (Wildman–Crippen LogP) is 1.87. The van der Waals surface area contributed by atoms with Crippen LogP contribution < -0.4 is 0 Å². The van der Waals surface area contributed by atoms with Crippen molar-refractivity contribution < 1.29 is 9.90 Å². The molecule has 0 atom stereocenters. The van der Waals surface area contributed by atoms with E-state index in [9.17, 15) is 9.90 Å². The van der Waals surface area contributed by atoms with E-state index in [0.29, 0.717) is 5.56 Å². The molecule has 1 fully saturated rings. The molecule has 4 heteroatoms. The Balaban J connectivity index is 2.03.